The van der Waals surface area contributed by atoms with Crippen LogP contribution < -0.4 is 10.2 Å². The molecule has 2 aliphatic heterocycles. The molecule has 0 aliphatic carbocycles. The summed E-state index contributed by atoms with van der Waals surface area (Å²) in [6.07, 6.45) is 3.75. The number of fused-ring (bicyclic) bond motifs is 1. The standard InChI is InChI=1S/C16H23FN2O/c1-12(10-18-11-15-3-2-8-20-15)19-7-6-13-4-5-14(17)9-16(13)19/h4-5,9,12,15,18H,2-3,6-8,10-11H2,1H3. The zero-order valence-electron chi connectivity index (χ0n) is 12.1. The second-order valence-corrected chi connectivity index (χ2v) is 5.86. The number of nitrogens with one attached hydrogen (secondary N) is 1. The molecule has 20 heavy (non-hydrogen) atoms. The van der Waals surface area contributed by atoms with Crippen molar-refractivity contribution in [3.63, 3.8) is 0 Å². The number of nitrogens with zero attached hydrogens (tertiary/aromatic N) is 1. The maximum atomic E-state index is 13.4. The summed E-state index contributed by atoms with van der Waals surface area (Å²) in [5.41, 5.74) is 2.33. The molecule has 3 nitrogen and oxygen atoms in total. The maximum Gasteiger partial charge on any atom is 0.125 e. The average molecular weight is 278 g/mol. The van der Waals surface area contributed by atoms with Crippen LogP contribution in [0.3, 0.4) is 0 Å². The van der Waals surface area contributed by atoms with Gasteiger partial charge < -0.3 is 15.0 Å². The Hall–Kier alpha value is -1.13. The highest BCUT2D eigenvalue weighted by atomic mass is 19.1. The first kappa shape index (κ1) is 13.8. The van der Waals surface area contributed by atoms with Gasteiger partial charge in [0.1, 0.15) is 5.82 Å². The van der Waals surface area contributed by atoms with E-state index in [1.165, 1.54) is 18.4 Å². The van der Waals surface area contributed by atoms with Crippen LogP contribution in [0, 0.1) is 5.82 Å². The zero-order valence-corrected chi connectivity index (χ0v) is 12.1. The van der Waals surface area contributed by atoms with Crippen molar-refractivity contribution >= 4 is 5.69 Å². The minimum Gasteiger partial charge on any atom is -0.377 e. The minimum atomic E-state index is -0.143. The molecule has 0 amide bonds. The lowest BCUT2D eigenvalue weighted by Crippen LogP contribution is -2.41. The van der Waals surface area contributed by atoms with Gasteiger partial charge in [-0.3, -0.25) is 0 Å². The summed E-state index contributed by atoms with van der Waals surface area (Å²) in [6, 6.07) is 5.51. The molecule has 2 atom stereocenters. The van der Waals surface area contributed by atoms with Crippen molar-refractivity contribution in [1.29, 1.82) is 0 Å². The number of anilines is 1. The highest BCUT2D eigenvalue weighted by molar-refractivity contribution is 5.58. The van der Waals surface area contributed by atoms with Crippen LogP contribution in [0.5, 0.6) is 0 Å². The van der Waals surface area contributed by atoms with Gasteiger partial charge in [-0.25, -0.2) is 4.39 Å². The summed E-state index contributed by atoms with van der Waals surface area (Å²) in [6.45, 7) is 5.93. The van der Waals surface area contributed by atoms with E-state index in [0.717, 1.165) is 38.3 Å². The highest BCUT2D eigenvalue weighted by Gasteiger charge is 2.24. The van der Waals surface area contributed by atoms with Gasteiger partial charge in [-0.15, -0.1) is 0 Å². The van der Waals surface area contributed by atoms with E-state index >= 15 is 0 Å². The van der Waals surface area contributed by atoms with Crippen molar-refractivity contribution in [3.05, 3.63) is 29.6 Å². The molecule has 1 N–H and O–H groups in total. The molecular weight excluding hydrogens is 255 g/mol. The van der Waals surface area contributed by atoms with Gasteiger partial charge in [0.05, 0.1) is 6.10 Å². The van der Waals surface area contributed by atoms with Crippen LogP contribution in [0.1, 0.15) is 25.3 Å². The van der Waals surface area contributed by atoms with Crippen LogP contribution >= 0.6 is 0 Å². The van der Waals surface area contributed by atoms with Gasteiger partial charge in [0.2, 0.25) is 0 Å². The molecule has 1 aromatic rings. The fraction of sp³-hybridized carbons (Fsp3) is 0.625. The predicted octanol–water partition coefficient (Wildman–Crippen LogP) is 2.35. The van der Waals surface area contributed by atoms with E-state index in [-0.39, 0.29) is 5.82 Å². The van der Waals surface area contributed by atoms with Crippen molar-refractivity contribution in [2.45, 2.75) is 38.3 Å². The number of rotatable bonds is 5. The molecule has 1 fully saturated rings. The molecule has 4 heteroatoms. The maximum absolute atomic E-state index is 13.4. The number of hydrogen-bond acceptors (Lipinski definition) is 3. The largest absolute Gasteiger partial charge is 0.377 e. The van der Waals surface area contributed by atoms with Crippen LogP contribution in [0.15, 0.2) is 18.2 Å². The first-order valence-corrected chi connectivity index (χ1v) is 7.61. The summed E-state index contributed by atoms with van der Waals surface area (Å²) in [7, 11) is 0. The first-order chi connectivity index (χ1) is 9.74. The Morgan fingerprint density at radius 2 is 2.40 bits per heavy atom. The second kappa shape index (κ2) is 6.10. The summed E-state index contributed by atoms with van der Waals surface area (Å²) >= 11 is 0. The van der Waals surface area contributed by atoms with E-state index in [4.69, 9.17) is 4.74 Å². The van der Waals surface area contributed by atoms with Crippen molar-refractivity contribution in [1.82, 2.24) is 5.32 Å². The molecule has 2 aliphatic rings. The molecule has 0 radical (unpaired) electrons. The van der Waals surface area contributed by atoms with E-state index in [0.29, 0.717) is 12.1 Å². The molecule has 0 aromatic heterocycles. The van der Waals surface area contributed by atoms with Gasteiger partial charge in [0.25, 0.3) is 0 Å². The van der Waals surface area contributed by atoms with Gasteiger partial charge in [-0.2, -0.15) is 0 Å². The Kier molecular flexibility index (Phi) is 4.22. The summed E-state index contributed by atoms with van der Waals surface area (Å²) in [4.78, 5) is 2.31. The van der Waals surface area contributed by atoms with Crippen LogP contribution in [0.4, 0.5) is 10.1 Å². The predicted molar refractivity (Wildman–Crippen MR) is 78.8 cm³/mol. The van der Waals surface area contributed by atoms with Gasteiger partial charge in [-0.05, 0) is 43.9 Å². The third kappa shape index (κ3) is 2.96. The average Bonchev–Trinajstić information content (AvgIpc) is 3.07. The quantitative estimate of drug-likeness (QED) is 0.895. The molecular formula is C16H23FN2O. The van der Waals surface area contributed by atoms with E-state index in [9.17, 15) is 4.39 Å². The van der Waals surface area contributed by atoms with Gasteiger partial charge in [-0.1, -0.05) is 6.07 Å². The Bertz CT molecular complexity index is 460. The van der Waals surface area contributed by atoms with Gasteiger partial charge >= 0.3 is 0 Å². The SMILES string of the molecule is CC(CNCC1CCCO1)N1CCc2ccc(F)cc21. The third-order valence-corrected chi connectivity index (χ3v) is 4.35. The monoisotopic (exact) mass is 278 g/mol. The van der Waals surface area contributed by atoms with Crippen molar-refractivity contribution in [3.8, 4) is 0 Å². The van der Waals surface area contributed by atoms with Crippen LogP contribution in [0.2, 0.25) is 0 Å². The number of halogens is 1. The highest BCUT2D eigenvalue weighted by Crippen LogP contribution is 2.30. The zero-order chi connectivity index (χ0) is 13.9. The summed E-state index contributed by atoms with van der Waals surface area (Å²) in [5.74, 6) is -0.143. The normalized spacial score (nSPS) is 23.1. The fourth-order valence-corrected chi connectivity index (χ4v) is 3.20. The van der Waals surface area contributed by atoms with Crippen molar-refractivity contribution < 1.29 is 9.13 Å². The number of benzene rings is 1. The molecule has 2 unspecified atom stereocenters. The molecule has 0 bridgehead atoms. The molecule has 2 heterocycles. The van der Waals surface area contributed by atoms with E-state index in [1.54, 1.807) is 12.1 Å². The molecule has 110 valence electrons. The minimum absolute atomic E-state index is 0.143. The summed E-state index contributed by atoms with van der Waals surface area (Å²) < 4.78 is 19.0. The van der Waals surface area contributed by atoms with Crippen LogP contribution in [0.25, 0.3) is 0 Å². The Morgan fingerprint density at radius 1 is 1.50 bits per heavy atom. The molecule has 3 rings (SSSR count). The lowest BCUT2D eigenvalue weighted by atomic mass is 10.1. The fourth-order valence-electron chi connectivity index (χ4n) is 3.20. The molecule has 0 saturated carbocycles. The third-order valence-electron chi connectivity index (χ3n) is 4.35. The smallest absolute Gasteiger partial charge is 0.125 e. The van der Waals surface area contributed by atoms with Crippen LogP contribution in [-0.2, 0) is 11.2 Å². The second-order valence-electron chi connectivity index (χ2n) is 5.86. The van der Waals surface area contributed by atoms with Gasteiger partial charge in [0, 0.05) is 38.0 Å². The Labute approximate surface area is 120 Å². The van der Waals surface area contributed by atoms with Crippen LogP contribution in [-0.4, -0.2) is 38.4 Å². The van der Waals surface area contributed by atoms with E-state index in [2.05, 4.69) is 17.1 Å². The van der Waals surface area contributed by atoms with E-state index in [1.807, 2.05) is 6.07 Å². The molecule has 1 aromatic carbocycles. The lowest BCUT2D eigenvalue weighted by molar-refractivity contribution is 0.110. The van der Waals surface area contributed by atoms with Gasteiger partial charge in [0.15, 0.2) is 0 Å². The topological polar surface area (TPSA) is 24.5 Å². The lowest BCUT2D eigenvalue weighted by Gasteiger charge is -2.28. The van der Waals surface area contributed by atoms with E-state index < -0.39 is 0 Å². The number of hydrogen-bond donors (Lipinski definition) is 1. The number of ether oxygens (including phenoxy) is 1. The first-order valence-electron chi connectivity index (χ1n) is 7.61. The van der Waals surface area contributed by atoms with Crippen molar-refractivity contribution in [2.24, 2.45) is 0 Å². The molecule has 0 spiro atoms. The summed E-state index contributed by atoms with van der Waals surface area (Å²) in [5, 5.41) is 3.49. The molecule has 1 saturated heterocycles. The Balaban J connectivity index is 1.53. The van der Waals surface area contributed by atoms with Crippen molar-refractivity contribution in [2.75, 3.05) is 31.1 Å². The Morgan fingerprint density at radius 3 is 3.20 bits per heavy atom.